The van der Waals surface area contributed by atoms with Crippen LogP contribution in [0.4, 0.5) is 0 Å². The van der Waals surface area contributed by atoms with Gasteiger partial charge in [-0.1, -0.05) is 0 Å². The summed E-state index contributed by atoms with van der Waals surface area (Å²) < 4.78 is 4.53. The molecule has 4 bridgehead atoms. The Balaban J connectivity index is 1.50. The number of carbonyl (C=O) groups excluding carboxylic acids is 2. The smallest absolute Gasteiger partial charge is 0.325 e. The van der Waals surface area contributed by atoms with Gasteiger partial charge in [-0.05, 0) is 56.3 Å². The number of aromatic nitrogens is 2. The third-order valence-corrected chi connectivity index (χ3v) is 5.98. The molecule has 4 aliphatic carbocycles. The van der Waals surface area contributed by atoms with Crippen molar-refractivity contribution in [3.05, 3.63) is 17.7 Å². The molecule has 1 amide bonds. The lowest BCUT2D eigenvalue weighted by molar-refractivity contribution is -0.139. The van der Waals surface area contributed by atoms with Crippen LogP contribution in [0.2, 0.25) is 0 Å². The summed E-state index contributed by atoms with van der Waals surface area (Å²) in [7, 11) is 1.30. The molecule has 0 radical (unpaired) electrons. The fraction of sp³-hybridized carbons (Fsp3) is 0.706. The highest BCUT2D eigenvalue weighted by molar-refractivity contribution is 5.94. The number of amides is 1. The zero-order chi connectivity index (χ0) is 16.0. The minimum Gasteiger partial charge on any atom is -0.468 e. The van der Waals surface area contributed by atoms with Crippen LogP contribution in [0.3, 0.4) is 0 Å². The van der Waals surface area contributed by atoms with E-state index in [1.807, 2.05) is 0 Å². The quantitative estimate of drug-likeness (QED) is 0.829. The predicted molar refractivity (Wildman–Crippen MR) is 82.8 cm³/mol. The molecule has 0 aliphatic heterocycles. The monoisotopic (exact) mass is 317 g/mol. The zero-order valence-corrected chi connectivity index (χ0v) is 13.4. The van der Waals surface area contributed by atoms with E-state index in [-0.39, 0.29) is 17.9 Å². The predicted octanol–water partition coefficient (Wildman–Crippen LogP) is 1.78. The molecule has 6 nitrogen and oxygen atoms in total. The first-order valence-corrected chi connectivity index (χ1v) is 8.48. The van der Waals surface area contributed by atoms with Crippen molar-refractivity contribution in [2.24, 2.45) is 17.8 Å². The number of hydrogen-bond donors (Lipinski definition) is 2. The maximum Gasteiger partial charge on any atom is 0.325 e. The normalized spacial score (nSPS) is 34.4. The van der Waals surface area contributed by atoms with Crippen molar-refractivity contribution < 1.29 is 14.3 Å². The summed E-state index contributed by atoms with van der Waals surface area (Å²) in [5, 5.41) is 2.55. The molecule has 0 atom stereocenters. The molecular formula is C17H23N3O3. The lowest BCUT2D eigenvalue weighted by Crippen LogP contribution is -2.49. The molecule has 4 saturated carbocycles. The molecule has 23 heavy (non-hydrogen) atoms. The Kier molecular flexibility index (Phi) is 3.43. The number of H-pyrrole nitrogens is 1. The van der Waals surface area contributed by atoms with E-state index < -0.39 is 5.97 Å². The Labute approximate surface area is 135 Å². The van der Waals surface area contributed by atoms with Gasteiger partial charge in [0, 0.05) is 5.41 Å². The Morgan fingerprint density at radius 2 is 1.87 bits per heavy atom. The van der Waals surface area contributed by atoms with Crippen molar-refractivity contribution in [1.29, 1.82) is 0 Å². The third kappa shape index (κ3) is 2.54. The molecule has 1 aromatic heterocycles. The van der Waals surface area contributed by atoms with Gasteiger partial charge >= 0.3 is 5.97 Å². The van der Waals surface area contributed by atoms with E-state index in [2.05, 4.69) is 20.0 Å². The second kappa shape index (κ2) is 5.35. The molecule has 1 heterocycles. The van der Waals surface area contributed by atoms with Crippen LogP contribution in [-0.2, 0) is 14.9 Å². The molecule has 0 unspecified atom stereocenters. The van der Waals surface area contributed by atoms with Gasteiger partial charge in [0.2, 0.25) is 0 Å². The van der Waals surface area contributed by atoms with Gasteiger partial charge in [-0.3, -0.25) is 9.59 Å². The van der Waals surface area contributed by atoms with Gasteiger partial charge in [0.1, 0.15) is 18.1 Å². The van der Waals surface area contributed by atoms with Gasteiger partial charge in [0.15, 0.2) is 0 Å². The van der Waals surface area contributed by atoms with E-state index in [0.29, 0.717) is 5.69 Å². The summed E-state index contributed by atoms with van der Waals surface area (Å²) in [5.74, 6) is 2.71. The first kappa shape index (κ1) is 14.7. The number of methoxy groups -OCH3 is 1. The molecule has 124 valence electrons. The van der Waals surface area contributed by atoms with E-state index in [1.54, 1.807) is 6.20 Å². The number of hydrogen-bond acceptors (Lipinski definition) is 4. The van der Waals surface area contributed by atoms with Crippen molar-refractivity contribution >= 4 is 11.9 Å². The maximum atomic E-state index is 12.1. The van der Waals surface area contributed by atoms with Gasteiger partial charge in [0.25, 0.3) is 5.91 Å². The number of nitrogens with one attached hydrogen (secondary N) is 2. The standard InChI is InChI=1S/C17H23N3O3/c1-23-14(21)9-18-15(22)13-8-19-16(20-13)17-5-10-2-11(6-17)4-12(3-10)7-17/h8,10-12H,2-7,9H2,1H3,(H,18,22)(H,19,20). The van der Waals surface area contributed by atoms with E-state index in [0.717, 1.165) is 23.6 Å². The van der Waals surface area contributed by atoms with Gasteiger partial charge < -0.3 is 15.0 Å². The zero-order valence-electron chi connectivity index (χ0n) is 13.4. The van der Waals surface area contributed by atoms with Crippen molar-refractivity contribution in [2.45, 2.75) is 43.9 Å². The Morgan fingerprint density at radius 1 is 1.26 bits per heavy atom. The summed E-state index contributed by atoms with van der Waals surface area (Å²) >= 11 is 0. The number of ether oxygens (including phenoxy) is 1. The Bertz CT molecular complexity index is 601. The summed E-state index contributed by atoms with van der Waals surface area (Å²) in [4.78, 5) is 31.0. The largest absolute Gasteiger partial charge is 0.468 e. The lowest BCUT2D eigenvalue weighted by Gasteiger charge is -2.55. The third-order valence-electron chi connectivity index (χ3n) is 5.98. The SMILES string of the molecule is COC(=O)CNC(=O)c1cnc(C23CC4CC(CC(C4)C2)C3)[nH]1. The molecule has 4 fully saturated rings. The lowest BCUT2D eigenvalue weighted by atomic mass is 9.49. The van der Waals surface area contributed by atoms with E-state index in [1.165, 1.54) is 45.6 Å². The maximum absolute atomic E-state index is 12.1. The summed E-state index contributed by atoms with van der Waals surface area (Å²) in [6.07, 6.45) is 9.35. The molecule has 5 rings (SSSR count). The fourth-order valence-electron chi connectivity index (χ4n) is 5.43. The van der Waals surface area contributed by atoms with Crippen LogP contribution >= 0.6 is 0 Å². The highest BCUT2D eigenvalue weighted by atomic mass is 16.5. The molecule has 0 spiro atoms. The molecular weight excluding hydrogens is 294 g/mol. The number of imidazole rings is 1. The van der Waals surface area contributed by atoms with Crippen LogP contribution < -0.4 is 5.32 Å². The van der Waals surface area contributed by atoms with E-state index in [4.69, 9.17) is 0 Å². The first-order valence-electron chi connectivity index (χ1n) is 8.48. The number of nitrogens with zero attached hydrogens (tertiary/aromatic N) is 1. The number of aromatic amines is 1. The molecule has 1 aromatic rings. The molecule has 2 N–H and O–H groups in total. The average Bonchev–Trinajstić information content (AvgIpc) is 3.01. The van der Waals surface area contributed by atoms with Crippen LogP contribution in [-0.4, -0.2) is 35.5 Å². The van der Waals surface area contributed by atoms with E-state index >= 15 is 0 Å². The molecule has 6 heteroatoms. The van der Waals surface area contributed by atoms with E-state index in [9.17, 15) is 9.59 Å². The second-order valence-electron chi connectivity index (χ2n) is 7.60. The highest BCUT2D eigenvalue weighted by Gasteiger charge is 2.53. The first-order chi connectivity index (χ1) is 11.1. The van der Waals surface area contributed by atoms with Gasteiger partial charge in [-0.2, -0.15) is 0 Å². The molecule has 0 saturated heterocycles. The summed E-state index contributed by atoms with van der Waals surface area (Å²) in [6, 6.07) is 0. The number of rotatable bonds is 4. The van der Waals surface area contributed by atoms with Crippen molar-refractivity contribution in [1.82, 2.24) is 15.3 Å². The summed E-state index contributed by atoms with van der Waals surface area (Å²) in [5.41, 5.74) is 0.579. The van der Waals surface area contributed by atoms with Crippen molar-refractivity contribution in [2.75, 3.05) is 13.7 Å². The van der Waals surface area contributed by atoms with Gasteiger partial charge in [-0.25, -0.2) is 4.98 Å². The average molecular weight is 317 g/mol. The van der Waals surface area contributed by atoms with Gasteiger partial charge in [0.05, 0.1) is 13.3 Å². The van der Waals surface area contributed by atoms with Crippen molar-refractivity contribution in [3.63, 3.8) is 0 Å². The Hall–Kier alpha value is -1.85. The molecule has 4 aliphatic rings. The van der Waals surface area contributed by atoms with Crippen LogP contribution in [0.25, 0.3) is 0 Å². The van der Waals surface area contributed by atoms with Gasteiger partial charge in [-0.15, -0.1) is 0 Å². The minimum atomic E-state index is -0.459. The van der Waals surface area contributed by atoms with Crippen molar-refractivity contribution in [3.8, 4) is 0 Å². The van der Waals surface area contributed by atoms with Crippen LogP contribution in [0, 0.1) is 17.8 Å². The number of carbonyl (C=O) groups is 2. The summed E-state index contributed by atoms with van der Waals surface area (Å²) in [6.45, 7) is -0.124. The topological polar surface area (TPSA) is 84.1 Å². The van der Waals surface area contributed by atoms with Crippen LogP contribution in [0.15, 0.2) is 6.20 Å². The second-order valence-corrected chi connectivity index (χ2v) is 7.60. The van der Waals surface area contributed by atoms with Crippen LogP contribution in [0.1, 0.15) is 54.8 Å². The highest BCUT2D eigenvalue weighted by Crippen LogP contribution is 2.60. The fourth-order valence-corrected chi connectivity index (χ4v) is 5.43. The minimum absolute atomic E-state index is 0.124. The molecule has 0 aromatic carbocycles. The number of esters is 1. The van der Waals surface area contributed by atoms with Crippen LogP contribution in [0.5, 0.6) is 0 Å². The Morgan fingerprint density at radius 3 is 2.43 bits per heavy atom.